The van der Waals surface area contributed by atoms with E-state index in [2.05, 4.69) is 10.2 Å². The SMILES string of the molecule is Cc1ccc2oc(C(=O)NC[C@H](c3ccccc3Cl)N3CCCC3)cc(=O)c2c1. The van der Waals surface area contributed by atoms with Crippen LogP contribution in [0.1, 0.15) is 40.6 Å². The maximum atomic E-state index is 12.7. The van der Waals surface area contributed by atoms with Crippen LogP contribution in [0, 0.1) is 6.92 Å². The summed E-state index contributed by atoms with van der Waals surface area (Å²) in [5.41, 5.74) is 2.15. The highest BCUT2D eigenvalue weighted by Crippen LogP contribution is 2.29. The monoisotopic (exact) mass is 410 g/mol. The lowest BCUT2D eigenvalue weighted by molar-refractivity contribution is 0.0910. The Bertz CT molecular complexity index is 1100. The van der Waals surface area contributed by atoms with Gasteiger partial charge in [0, 0.05) is 17.6 Å². The number of hydrogen-bond donors (Lipinski definition) is 1. The number of hydrogen-bond acceptors (Lipinski definition) is 4. The van der Waals surface area contributed by atoms with Crippen LogP contribution in [0.2, 0.25) is 5.02 Å². The molecule has 2 heterocycles. The predicted octanol–water partition coefficient (Wildman–Crippen LogP) is 4.32. The minimum absolute atomic E-state index is 0.0192. The molecular weight excluding hydrogens is 388 g/mol. The average molecular weight is 411 g/mol. The standard InChI is InChI=1S/C23H23ClN2O3/c1-15-8-9-21-17(12-15)20(27)13-22(29-21)23(28)25-14-19(26-10-4-5-11-26)16-6-2-3-7-18(16)24/h2-3,6-9,12-13,19H,4-5,10-11,14H2,1H3,(H,25,28)/t19-/m1/s1. The highest BCUT2D eigenvalue weighted by Gasteiger charge is 2.26. The van der Waals surface area contributed by atoms with Gasteiger partial charge in [-0.3, -0.25) is 14.5 Å². The summed E-state index contributed by atoms with van der Waals surface area (Å²) in [4.78, 5) is 27.5. The first-order valence-corrected chi connectivity index (χ1v) is 10.2. The van der Waals surface area contributed by atoms with Crippen LogP contribution in [-0.2, 0) is 0 Å². The maximum Gasteiger partial charge on any atom is 0.287 e. The number of likely N-dealkylation sites (tertiary alicyclic amines) is 1. The maximum absolute atomic E-state index is 12.7. The van der Waals surface area contributed by atoms with Gasteiger partial charge in [0.2, 0.25) is 0 Å². The fourth-order valence-corrected chi connectivity index (χ4v) is 4.15. The minimum atomic E-state index is -0.402. The number of benzene rings is 2. The summed E-state index contributed by atoms with van der Waals surface area (Å²) >= 11 is 6.43. The van der Waals surface area contributed by atoms with E-state index in [1.165, 1.54) is 6.07 Å². The Kier molecular flexibility index (Phi) is 5.69. The van der Waals surface area contributed by atoms with Gasteiger partial charge in [-0.2, -0.15) is 0 Å². The van der Waals surface area contributed by atoms with Crippen LogP contribution in [0.3, 0.4) is 0 Å². The summed E-state index contributed by atoms with van der Waals surface area (Å²) < 4.78 is 5.69. The van der Waals surface area contributed by atoms with E-state index in [0.29, 0.717) is 22.5 Å². The van der Waals surface area contributed by atoms with E-state index >= 15 is 0 Å². The lowest BCUT2D eigenvalue weighted by atomic mass is 10.1. The number of amides is 1. The van der Waals surface area contributed by atoms with Gasteiger partial charge >= 0.3 is 0 Å². The van der Waals surface area contributed by atoms with Gasteiger partial charge < -0.3 is 9.73 Å². The van der Waals surface area contributed by atoms with Crippen LogP contribution < -0.4 is 10.7 Å². The fourth-order valence-electron chi connectivity index (χ4n) is 3.89. The summed E-state index contributed by atoms with van der Waals surface area (Å²) in [6.07, 6.45) is 2.27. The van der Waals surface area contributed by atoms with Gasteiger partial charge in [-0.25, -0.2) is 0 Å². The topological polar surface area (TPSA) is 62.6 Å². The second-order valence-corrected chi connectivity index (χ2v) is 7.87. The third kappa shape index (κ3) is 4.21. The first kappa shape index (κ1) is 19.7. The van der Waals surface area contributed by atoms with Crippen molar-refractivity contribution in [3.8, 4) is 0 Å². The molecule has 1 N–H and O–H groups in total. The third-order valence-corrected chi connectivity index (χ3v) is 5.75. The Balaban J connectivity index is 1.57. The molecule has 2 aromatic carbocycles. The molecule has 4 rings (SSSR count). The summed E-state index contributed by atoms with van der Waals surface area (Å²) in [6, 6.07) is 14.3. The first-order chi connectivity index (χ1) is 14.0. The van der Waals surface area contributed by atoms with E-state index < -0.39 is 5.91 Å². The minimum Gasteiger partial charge on any atom is -0.451 e. The molecule has 5 nitrogen and oxygen atoms in total. The Labute approximate surface area is 174 Å². The van der Waals surface area contributed by atoms with Crippen molar-refractivity contribution in [3.63, 3.8) is 0 Å². The van der Waals surface area contributed by atoms with E-state index in [0.717, 1.165) is 37.1 Å². The average Bonchev–Trinajstić information content (AvgIpc) is 3.24. The molecule has 1 aliphatic rings. The number of rotatable bonds is 5. The van der Waals surface area contributed by atoms with E-state index in [-0.39, 0.29) is 17.2 Å². The first-order valence-electron chi connectivity index (χ1n) is 9.84. The number of aryl methyl sites for hydroxylation is 1. The summed E-state index contributed by atoms with van der Waals surface area (Å²) in [7, 11) is 0. The molecule has 1 amide bonds. The molecule has 29 heavy (non-hydrogen) atoms. The van der Waals surface area contributed by atoms with Crippen molar-refractivity contribution in [2.45, 2.75) is 25.8 Å². The Morgan fingerprint density at radius 2 is 1.93 bits per heavy atom. The van der Waals surface area contributed by atoms with Crippen LogP contribution in [0.15, 0.2) is 57.7 Å². The molecule has 1 atom stereocenters. The number of fused-ring (bicyclic) bond motifs is 1. The third-order valence-electron chi connectivity index (χ3n) is 5.41. The van der Waals surface area contributed by atoms with Crippen LogP contribution in [0.4, 0.5) is 0 Å². The Morgan fingerprint density at radius 3 is 2.69 bits per heavy atom. The van der Waals surface area contributed by atoms with Gasteiger partial charge in [-0.1, -0.05) is 41.4 Å². The number of carbonyl (C=O) groups excluding carboxylic acids is 1. The van der Waals surface area contributed by atoms with Gasteiger partial charge in [-0.05, 0) is 56.6 Å². The van der Waals surface area contributed by atoms with E-state index in [9.17, 15) is 9.59 Å². The lowest BCUT2D eigenvalue weighted by Crippen LogP contribution is -2.37. The van der Waals surface area contributed by atoms with Crippen molar-refractivity contribution in [2.75, 3.05) is 19.6 Å². The van der Waals surface area contributed by atoms with E-state index in [1.54, 1.807) is 12.1 Å². The highest BCUT2D eigenvalue weighted by atomic mass is 35.5. The molecule has 1 aliphatic heterocycles. The van der Waals surface area contributed by atoms with E-state index in [1.807, 2.05) is 37.3 Å². The van der Waals surface area contributed by atoms with Crippen molar-refractivity contribution in [1.29, 1.82) is 0 Å². The number of halogens is 1. The highest BCUT2D eigenvalue weighted by molar-refractivity contribution is 6.31. The summed E-state index contributed by atoms with van der Waals surface area (Å²) in [6.45, 7) is 4.23. The van der Waals surface area contributed by atoms with Gasteiger partial charge in [0.1, 0.15) is 5.58 Å². The van der Waals surface area contributed by atoms with Crippen molar-refractivity contribution in [1.82, 2.24) is 10.2 Å². The molecule has 0 spiro atoms. The van der Waals surface area contributed by atoms with Crippen LogP contribution in [0.5, 0.6) is 0 Å². The van der Waals surface area contributed by atoms with Crippen molar-refractivity contribution >= 4 is 28.5 Å². The van der Waals surface area contributed by atoms with Crippen molar-refractivity contribution in [3.05, 3.63) is 80.7 Å². The van der Waals surface area contributed by atoms with Crippen LogP contribution >= 0.6 is 11.6 Å². The molecule has 0 bridgehead atoms. The number of nitrogens with zero attached hydrogens (tertiary/aromatic N) is 1. The smallest absolute Gasteiger partial charge is 0.287 e. The second kappa shape index (κ2) is 8.39. The van der Waals surface area contributed by atoms with Crippen LogP contribution in [0.25, 0.3) is 11.0 Å². The Hall–Kier alpha value is -2.63. The number of nitrogens with one attached hydrogen (secondary N) is 1. The van der Waals surface area contributed by atoms with Gasteiger partial charge in [0.15, 0.2) is 11.2 Å². The fraction of sp³-hybridized carbons (Fsp3) is 0.304. The predicted molar refractivity (Wildman–Crippen MR) is 115 cm³/mol. The van der Waals surface area contributed by atoms with Crippen molar-refractivity contribution in [2.24, 2.45) is 0 Å². The summed E-state index contributed by atoms with van der Waals surface area (Å²) in [5, 5.41) is 4.10. The molecule has 1 aromatic heterocycles. The quantitative estimate of drug-likeness (QED) is 0.680. The van der Waals surface area contributed by atoms with Crippen LogP contribution in [-0.4, -0.2) is 30.4 Å². The lowest BCUT2D eigenvalue weighted by Gasteiger charge is -2.28. The molecule has 6 heteroatoms. The normalized spacial score (nSPS) is 15.5. The second-order valence-electron chi connectivity index (χ2n) is 7.46. The zero-order chi connectivity index (χ0) is 20.4. The largest absolute Gasteiger partial charge is 0.451 e. The zero-order valence-electron chi connectivity index (χ0n) is 16.3. The molecule has 0 unspecified atom stereocenters. The van der Waals surface area contributed by atoms with Gasteiger partial charge in [-0.15, -0.1) is 0 Å². The van der Waals surface area contributed by atoms with Gasteiger partial charge in [0.05, 0.1) is 11.4 Å². The van der Waals surface area contributed by atoms with Gasteiger partial charge in [0.25, 0.3) is 5.91 Å². The molecule has 1 fully saturated rings. The van der Waals surface area contributed by atoms with E-state index in [4.69, 9.17) is 16.0 Å². The molecule has 1 saturated heterocycles. The summed E-state index contributed by atoms with van der Waals surface area (Å²) in [5.74, 6) is -0.383. The molecule has 0 radical (unpaired) electrons. The molecule has 0 saturated carbocycles. The molecule has 3 aromatic rings. The van der Waals surface area contributed by atoms with Crippen molar-refractivity contribution < 1.29 is 9.21 Å². The number of carbonyl (C=O) groups is 1. The zero-order valence-corrected chi connectivity index (χ0v) is 17.0. The molecule has 150 valence electrons. The molecular formula is C23H23ClN2O3. The molecule has 0 aliphatic carbocycles. The Morgan fingerprint density at radius 1 is 1.17 bits per heavy atom.